The molecule has 1 rings (SSSR count). The van der Waals surface area contributed by atoms with E-state index in [1.54, 1.807) is 0 Å². The third-order valence-electron chi connectivity index (χ3n) is 0.969. The minimum Gasteiger partial charge on any atom is -0.289 e. The maximum Gasteiger partial charge on any atom is 0.285 e. The summed E-state index contributed by atoms with van der Waals surface area (Å²) in [6, 6.07) is 0. The lowest BCUT2D eigenvalue weighted by Gasteiger charge is -1.96. The van der Waals surface area contributed by atoms with Gasteiger partial charge < -0.3 is 0 Å². The second-order valence-electron chi connectivity index (χ2n) is 1.70. The van der Waals surface area contributed by atoms with E-state index >= 15 is 0 Å². The molecule has 1 aromatic heterocycles. The maximum atomic E-state index is 10.8. The van der Waals surface area contributed by atoms with Crippen LogP contribution in [0.4, 0.5) is 0 Å². The predicted molar refractivity (Wildman–Crippen MR) is 38.7 cm³/mol. The summed E-state index contributed by atoms with van der Waals surface area (Å²) in [4.78, 5) is 18.1. The predicted octanol–water partition coefficient (Wildman–Crippen LogP) is -0.267. The van der Waals surface area contributed by atoms with Gasteiger partial charge >= 0.3 is 0 Å². The molecule has 0 bridgehead atoms. The molecule has 1 aromatic rings. The molecule has 0 aliphatic rings. The molecular weight excluding hydrogens is 168 g/mol. The molecule has 1 amide bonds. The lowest BCUT2D eigenvalue weighted by Crippen LogP contribution is -2.30. The minimum absolute atomic E-state index is 0.0972. The van der Waals surface area contributed by atoms with Crippen LogP contribution in [-0.4, -0.2) is 15.9 Å². The molecule has 1 heterocycles. The third kappa shape index (κ3) is 1.86. The van der Waals surface area contributed by atoms with Crippen LogP contribution in [0.15, 0.2) is 12.4 Å². The first-order valence-corrected chi connectivity index (χ1v) is 3.10. The molecule has 0 aliphatic heterocycles. The van der Waals surface area contributed by atoms with Gasteiger partial charge in [-0.25, -0.2) is 10.8 Å². The van der Waals surface area contributed by atoms with E-state index in [2.05, 4.69) is 9.97 Å². The third-order valence-corrected chi connectivity index (χ3v) is 1.15. The van der Waals surface area contributed by atoms with Gasteiger partial charge in [0.15, 0.2) is 0 Å². The van der Waals surface area contributed by atoms with E-state index in [0.717, 1.165) is 0 Å². The minimum atomic E-state index is -0.514. The van der Waals surface area contributed by atoms with Crippen molar-refractivity contribution in [1.82, 2.24) is 15.4 Å². The Hall–Kier alpha value is -1.20. The molecular formula is C5H5ClN4O. The van der Waals surface area contributed by atoms with Gasteiger partial charge in [-0.15, -0.1) is 0 Å². The topological polar surface area (TPSA) is 80.9 Å². The number of nitrogens with two attached hydrogens (primary N) is 1. The molecule has 0 aliphatic carbocycles. The van der Waals surface area contributed by atoms with Gasteiger partial charge in [0, 0.05) is 0 Å². The lowest BCUT2D eigenvalue weighted by molar-refractivity contribution is 0.0948. The molecule has 0 spiro atoms. The molecule has 0 saturated carbocycles. The van der Waals surface area contributed by atoms with Gasteiger partial charge in [0.25, 0.3) is 5.91 Å². The van der Waals surface area contributed by atoms with Crippen molar-refractivity contribution in [3.8, 4) is 0 Å². The maximum absolute atomic E-state index is 10.8. The number of hydrogen-bond donors (Lipinski definition) is 2. The van der Waals surface area contributed by atoms with E-state index < -0.39 is 5.91 Å². The van der Waals surface area contributed by atoms with Crippen molar-refractivity contribution in [2.75, 3.05) is 0 Å². The molecule has 5 nitrogen and oxygen atoms in total. The van der Waals surface area contributed by atoms with Crippen LogP contribution in [0.25, 0.3) is 0 Å². The van der Waals surface area contributed by atoms with Crippen molar-refractivity contribution >= 4 is 17.5 Å². The molecule has 0 radical (unpaired) electrons. The molecule has 0 aromatic carbocycles. The van der Waals surface area contributed by atoms with Crippen LogP contribution in [0.5, 0.6) is 0 Å². The molecule has 0 unspecified atom stereocenters. The van der Waals surface area contributed by atoms with Gasteiger partial charge in [-0.05, 0) is 0 Å². The fourth-order valence-corrected chi connectivity index (χ4v) is 0.673. The lowest BCUT2D eigenvalue weighted by atomic mass is 10.4. The molecule has 0 atom stereocenters. The van der Waals surface area contributed by atoms with Crippen molar-refractivity contribution in [3.05, 3.63) is 23.2 Å². The number of halogens is 1. The van der Waals surface area contributed by atoms with E-state index in [1.807, 2.05) is 5.43 Å². The summed E-state index contributed by atoms with van der Waals surface area (Å²) >= 11 is 5.45. The van der Waals surface area contributed by atoms with Crippen LogP contribution in [0, 0.1) is 0 Å². The average molecular weight is 173 g/mol. The molecule has 6 heteroatoms. The van der Waals surface area contributed by atoms with Gasteiger partial charge in [0.1, 0.15) is 10.8 Å². The van der Waals surface area contributed by atoms with Crippen LogP contribution < -0.4 is 11.3 Å². The zero-order valence-electron chi connectivity index (χ0n) is 5.41. The van der Waals surface area contributed by atoms with Crippen molar-refractivity contribution in [2.45, 2.75) is 0 Å². The Morgan fingerprint density at radius 3 is 2.91 bits per heavy atom. The van der Waals surface area contributed by atoms with Crippen molar-refractivity contribution < 1.29 is 4.79 Å². The number of amides is 1. The summed E-state index contributed by atoms with van der Waals surface area (Å²) in [5.74, 6) is 4.33. The number of carbonyl (C=O) groups is 1. The Bertz CT molecular complexity index is 277. The summed E-state index contributed by atoms with van der Waals surface area (Å²) in [5.41, 5.74) is 2.01. The largest absolute Gasteiger partial charge is 0.289 e. The fraction of sp³-hybridized carbons (Fsp3) is 0. The SMILES string of the molecule is NNC(=O)c1cncc(Cl)n1. The smallest absolute Gasteiger partial charge is 0.285 e. The number of aromatic nitrogens is 2. The Kier molecular flexibility index (Phi) is 2.35. The number of nitrogens with one attached hydrogen (secondary N) is 1. The highest BCUT2D eigenvalue weighted by Gasteiger charge is 2.04. The Labute approximate surface area is 67.6 Å². The zero-order valence-corrected chi connectivity index (χ0v) is 6.17. The number of nitrogens with zero attached hydrogens (tertiary/aromatic N) is 2. The average Bonchev–Trinajstić information content (AvgIpc) is 2.03. The Morgan fingerprint density at radius 2 is 2.36 bits per heavy atom. The first-order chi connectivity index (χ1) is 5.24. The van der Waals surface area contributed by atoms with Gasteiger partial charge in [0.05, 0.1) is 12.4 Å². The van der Waals surface area contributed by atoms with E-state index in [1.165, 1.54) is 12.4 Å². The monoisotopic (exact) mass is 172 g/mol. The fourth-order valence-electron chi connectivity index (χ4n) is 0.526. The summed E-state index contributed by atoms with van der Waals surface area (Å²) in [7, 11) is 0. The van der Waals surface area contributed by atoms with Crippen LogP contribution in [0.1, 0.15) is 10.5 Å². The van der Waals surface area contributed by atoms with Crippen molar-refractivity contribution in [1.29, 1.82) is 0 Å². The summed E-state index contributed by atoms with van der Waals surface area (Å²) in [6.07, 6.45) is 2.60. The van der Waals surface area contributed by atoms with Gasteiger partial charge in [-0.1, -0.05) is 11.6 Å². The molecule has 0 saturated heterocycles. The van der Waals surface area contributed by atoms with Gasteiger partial charge in [-0.3, -0.25) is 15.2 Å². The second kappa shape index (κ2) is 3.27. The van der Waals surface area contributed by atoms with Gasteiger partial charge in [-0.2, -0.15) is 0 Å². The molecule has 3 N–H and O–H groups in total. The highest BCUT2D eigenvalue weighted by Crippen LogP contribution is 2.01. The highest BCUT2D eigenvalue weighted by atomic mass is 35.5. The standard InChI is InChI=1S/C5H5ClN4O/c6-4-2-8-1-3(9-4)5(11)10-7/h1-2H,7H2,(H,10,11). The van der Waals surface area contributed by atoms with E-state index in [0.29, 0.717) is 0 Å². The number of hydrogen-bond acceptors (Lipinski definition) is 4. The zero-order chi connectivity index (χ0) is 8.27. The molecule has 0 fully saturated rings. The van der Waals surface area contributed by atoms with E-state index in [-0.39, 0.29) is 10.8 Å². The van der Waals surface area contributed by atoms with Crippen molar-refractivity contribution in [2.24, 2.45) is 5.84 Å². The van der Waals surface area contributed by atoms with Crippen molar-refractivity contribution in [3.63, 3.8) is 0 Å². The van der Waals surface area contributed by atoms with Crippen LogP contribution in [-0.2, 0) is 0 Å². The quantitative estimate of drug-likeness (QED) is 0.347. The van der Waals surface area contributed by atoms with Crippen LogP contribution >= 0.6 is 11.6 Å². The first-order valence-electron chi connectivity index (χ1n) is 2.72. The second-order valence-corrected chi connectivity index (χ2v) is 2.09. The summed E-state index contributed by atoms with van der Waals surface area (Å²) < 4.78 is 0. The first kappa shape index (κ1) is 7.90. The number of carbonyl (C=O) groups excluding carboxylic acids is 1. The molecule has 11 heavy (non-hydrogen) atoms. The summed E-state index contributed by atoms with van der Waals surface area (Å²) in [6.45, 7) is 0. The van der Waals surface area contributed by atoms with E-state index in [4.69, 9.17) is 17.4 Å². The number of rotatable bonds is 1. The Balaban J connectivity index is 2.96. The van der Waals surface area contributed by atoms with Crippen LogP contribution in [0.3, 0.4) is 0 Å². The number of hydrazine groups is 1. The normalized spacial score (nSPS) is 9.27. The molecule has 58 valence electrons. The Morgan fingerprint density at radius 1 is 1.64 bits per heavy atom. The summed E-state index contributed by atoms with van der Waals surface area (Å²) in [5, 5.41) is 0.158. The van der Waals surface area contributed by atoms with Crippen LogP contribution in [0.2, 0.25) is 5.15 Å². The number of nitrogen functional groups attached to an aromatic ring is 1. The highest BCUT2D eigenvalue weighted by molar-refractivity contribution is 6.29. The van der Waals surface area contributed by atoms with Gasteiger partial charge in [0.2, 0.25) is 0 Å². The van der Waals surface area contributed by atoms with E-state index in [9.17, 15) is 4.79 Å².